The molecular formula is C7H10ClNOS. The molecule has 0 bridgehead atoms. The lowest BCUT2D eigenvalue weighted by atomic mass is 10.4. The summed E-state index contributed by atoms with van der Waals surface area (Å²) in [5.74, 6) is 0. The van der Waals surface area contributed by atoms with E-state index in [9.17, 15) is 0 Å². The lowest BCUT2D eigenvalue weighted by molar-refractivity contribution is 0.105. The quantitative estimate of drug-likeness (QED) is 0.731. The van der Waals surface area contributed by atoms with Crippen molar-refractivity contribution in [3.8, 4) is 0 Å². The summed E-state index contributed by atoms with van der Waals surface area (Å²) in [7, 11) is 0. The SMILES string of the molecule is Cl.c1csc(C2NCCO2)c1. The fraction of sp³-hybridized carbons (Fsp3) is 0.429. The maximum absolute atomic E-state index is 5.40. The van der Waals surface area contributed by atoms with Crippen LogP contribution >= 0.6 is 23.7 Å². The van der Waals surface area contributed by atoms with Crippen molar-refractivity contribution in [2.75, 3.05) is 13.2 Å². The fourth-order valence-electron chi connectivity index (χ4n) is 1.05. The van der Waals surface area contributed by atoms with Crippen molar-refractivity contribution in [3.05, 3.63) is 22.4 Å². The highest BCUT2D eigenvalue weighted by atomic mass is 35.5. The molecule has 11 heavy (non-hydrogen) atoms. The molecule has 1 atom stereocenters. The van der Waals surface area contributed by atoms with Gasteiger partial charge in [-0.05, 0) is 11.4 Å². The highest BCUT2D eigenvalue weighted by molar-refractivity contribution is 7.10. The molecular weight excluding hydrogens is 182 g/mol. The minimum absolute atomic E-state index is 0. The van der Waals surface area contributed by atoms with Crippen LogP contribution in [0.1, 0.15) is 11.1 Å². The van der Waals surface area contributed by atoms with Crippen LogP contribution in [0.5, 0.6) is 0 Å². The van der Waals surface area contributed by atoms with Gasteiger partial charge in [0.25, 0.3) is 0 Å². The normalized spacial score (nSPS) is 23.1. The van der Waals surface area contributed by atoms with Gasteiger partial charge in [0.2, 0.25) is 0 Å². The zero-order valence-corrected chi connectivity index (χ0v) is 7.58. The summed E-state index contributed by atoms with van der Waals surface area (Å²) >= 11 is 1.73. The Morgan fingerprint density at radius 2 is 2.55 bits per heavy atom. The van der Waals surface area contributed by atoms with Crippen LogP contribution in [-0.4, -0.2) is 13.2 Å². The first-order valence-electron chi connectivity index (χ1n) is 3.35. The first-order valence-corrected chi connectivity index (χ1v) is 4.23. The molecule has 0 radical (unpaired) electrons. The largest absolute Gasteiger partial charge is 0.357 e. The van der Waals surface area contributed by atoms with E-state index in [0.29, 0.717) is 0 Å². The van der Waals surface area contributed by atoms with Crippen LogP contribution in [0.15, 0.2) is 17.5 Å². The van der Waals surface area contributed by atoms with Crippen LogP contribution in [-0.2, 0) is 4.74 Å². The number of ether oxygens (including phenoxy) is 1. The fourth-order valence-corrected chi connectivity index (χ4v) is 1.80. The monoisotopic (exact) mass is 191 g/mol. The van der Waals surface area contributed by atoms with E-state index < -0.39 is 0 Å². The predicted molar refractivity (Wildman–Crippen MR) is 48.3 cm³/mol. The molecule has 0 aromatic carbocycles. The highest BCUT2D eigenvalue weighted by Gasteiger charge is 2.16. The first-order chi connectivity index (χ1) is 4.97. The highest BCUT2D eigenvalue weighted by Crippen LogP contribution is 2.21. The summed E-state index contributed by atoms with van der Waals surface area (Å²) in [6, 6.07) is 4.14. The van der Waals surface area contributed by atoms with E-state index in [-0.39, 0.29) is 18.6 Å². The van der Waals surface area contributed by atoms with Crippen molar-refractivity contribution in [3.63, 3.8) is 0 Å². The summed E-state index contributed by atoms with van der Waals surface area (Å²) in [4.78, 5) is 1.28. The molecule has 0 saturated carbocycles. The van der Waals surface area contributed by atoms with Gasteiger partial charge in [-0.15, -0.1) is 23.7 Å². The molecule has 1 aliphatic heterocycles. The molecule has 2 nitrogen and oxygen atoms in total. The summed E-state index contributed by atoms with van der Waals surface area (Å²) in [5, 5.41) is 5.32. The Kier molecular flexibility index (Phi) is 3.33. The number of hydrogen-bond acceptors (Lipinski definition) is 3. The molecule has 2 heterocycles. The van der Waals surface area contributed by atoms with Crippen molar-refractivity contribution in [1.29, 1.82) is 0 Å². The Morgan fingerprint density at radius 3 is 3.09 bits per heavy atom. The minimum atomic E-state index is 0. The molecule has 1 unspecified atom stereocenters. The maximum atomic E-state index is 5.40. The van der Waals surface area contributed by atoms with Gasteiger partial charge < -0.3 is 4.74 Å². The average molecular weight is 192 g/mol. The molecule has 1 saturated heterocycles. The number of hydrogen-bond donors (Lipinski definition) is 1. The molecule has 1 aromatic heterocycles. The van der Waals surface area contributed by atoms with Gasteiger partial charge in [0.05, 0.1) is 6.61 Å². The number of halogens is 1. The third kappa shape index (κ3) is 1.93. The molecule has 0 aliphatic carbocycles. The molecule has 0 amide bonds. The maximum Gasteiger partial charge on any atom is 0.143 e. The van der Waals surface area contributed by atoms with E-state index in [1.165, 1.54) is 4.88 Å². The second kappa shape index (κ2) is 4.07. The van der Waals surface area contributed by atoms with E-state index in [1.54, 1.807) is 11.3 Å². The smallest absolute Gasteiger partial charge is 0.143 e. The van der Waals surface area contributed by atoms with Crippen molar-refractivity contribution < 1.29 is 4.74 Å². The van der Waals surface area contributed by atoms with Crippen LogP contribution < -0.4 is 5.32 Å². The van der Waals surface area contributed by atoms with Crippen LogP contribution in [0.3, 0.4) is 0 Å². The second-order valence-corrected chi connectivity index (χ2v) is 3.20. The van der Waals surface area contributed by atoms with E-state index in [2.05, 4.69) is 16.8 Å². The average Bonchev–Trinajstić information content (AvgIpc) is 2.59. The van der Waals surface area contributed by atoms with E-state index in [1.807, 2.05) is 6.07 Å². The van der Waals surface area contributed by atoms with Crippen molar-refractivity contribution in [1.82, 2.24) is 5.32 Å². The zero-order chi connectivity index (χ0) is 6.81. The molecule has 0 spiro atoms. The summed E-state index contributed by atoms with van der Waals surface area (Å²) < 4.78 is 5.40. The molecule has 1 N–H and O–H groups in total. The third-order valence-electron chi connectivity index (χ3n) is 1.52. The van der Waals surface area contributed by atoms with Crippen molar-refractivity contribution >= 4 is 23.7 Å². The Morgan fingerprint density at radius 1 is 1.64 bits per heavy atom. The van der Waals surface area contributed by atoms with Gasteiger partial charge >= 0.3 is 0 Å². The zero-order valence-electron chi connectivity index (χ0n) is 5.95. The minimum Gasteiger partial charge on any atom is -0.357 e. The van der Waals surface area contributed by atoms with E-state index in [0.717, 1.165) is 13.2 Å². The van der Waals surface area contributed by atoms with Crippen LogP contribution in [0.4, 0.5) is 0 Å². The van der Waals surface area contributed by atoms with E-state index in [4.69, 9.17) is 4.74 Å². The molecule has 1 aromatic rings. The van der Waals surface area contributed by atoms with Gasteiger partial charge in [-0.1, -0.05) is 6.07 Å². The van der Waals surface area contributed by atoms with Gasteiger partial charge in [0.1, 0.15) is 6.23 Å². The van der Waals surface area contributed by atoms with Crippen molar-refractivity contribution in [2.45, 2.75) is 6.23 Å². The van der Waals surface area contributed by atoms with Gasteiger partial charge in [0.15, 0.2) is 0 Å². The van der Waals surface area contributed by atoms with E-state index >= 15 is 0 Å². The van der Waals surface area contributed by atoms with Gasteiger partial charge in [0, 0.05) is 11.4 Å². The van der Waals surface area contributed by atoms with Gasteiger partial charge in [-0.3, -0.25) is 5.32 Å². The summed E-state index contributed by atoms with van der Waals surface area (Å²) in [6.07, 6.45) is 0.167. The number of rotatable bonds is 1. The lowest BCUT2D eigenvalue weighted by Crippen LogP contribution is -2.12. The Bertz CT molecular complexity index is 196. The third-order valence-corrected chi connectivity index (χ3v) is 2.43. The van der Waals surface area contributed by atoms with Gasteiger partial charge in [-0.2, -0.15) is 0 Å². The van der Waals surface area contributed by atoms with Crippen molar-refractivity contribution in [2.24, 2.45) is 0 Å². The number of nitrogens with one attached hydrogen (secondary N) is 1. The predicted octanol–water partition coefficient (Wildman–Crippen LogP) is 1.79. The standard InChI is InChI=1S/C7H9NOS.ClH/c1-2-6(10-5-1)7-8-3-4-9-7;/h1-2,5,7-8H,3-4H2;1H. The second-order valence-electron chi connectivity index (χ2n) is 2.22. The molecule has 62 valence electrons. The van der Waals surface area contributed by atoms with Crippen LogP contribution in [0, 0.1) is 0 Å². The summed E-state index contributed by atoms with van der Waals surface area (Å²) in [6.45, 7) is 1.81. The lowest BCUT2D eigenvalue weighted by Gasteiger charge is -2.04. The Labute approximate surface area is 76.0 Å². The molecule has 2 rings (SSSR count). The number of thiophene rings is 1. The topological polar surface area (TPSA) is 21.3 Å². The van der Waals surface area contributed by atoms with Gasteiger partial charge in [-0.25, -0.2) is 0 Å². The Hall–Kier alpha value is -0.0900. The van der Waals surface area contributed by atoms with Crippen LogP contribution in [0.2, 0.25) is 0 Å². The Balaban J connectivity index is 0.000000605. The molecule has 4 heteroatoms. The molecule has 1 fully saturated rings. The first kappa shape index (κ1) is 9.00. The summed E-state index contributed by atoms with van der Waals surface area (Å²) in [5.41, 5.74) is 0. The molecule has 1 aliphatic rings. The van der Waals surface area contributed by atoms with Crippen LogP contribution in [0.25, 0.3) is 0 Å².